The molecule has 1 aliphatic heterocycles. The smallest absolute Gasteiger partial charge is 0.404 e. The Kier molecular flexibility index (Phi) is 11.5. The number of carbonyl (C=O) groups excluding carboxylic acids is 1. The monoisotopic (exact) mass is 625 g/mol. The molecule has 0 aromatic heterocycles. The summed E-state index contributed by atoms with van der Waals surface area (Å²) in [7, 11) is 0. The standard InChI is InChI=1S/C34H41Cl2N3O4/c1-2-23-7-3-8-25(19-23)32-29(10-4-11-30(32)36)34(43,16-6-17-38-33(41)42)27-9-5-18-39(22-27)31(40)20-26(21-37)24-12-14-28(35)15-13-24/h3-4,7-8,10-15,19,26-27,38,43H,2,5-6,9,16-18,20-22,37H2,1H3,(H,41,42)/t26-,27?,34-/m0/s1. The molecular weight excluding hydrogens is 585 g/mol. The van der Waals surface area contributed by atoms with Crippen LogP contribution in [-0.2, 0) is 16.8 Å². The maximum absolute atomic E-state index is 13.6. The fourth-order valence-electron chi connectivity index (χ4n) is 6.24. The lowest BCUT2D eigenvalue weighted by molar-refractivity contribution is -0.137. The van der Waals surface area contributed by atoms with Crippen molar-refractivity contribution in [3.8, 4) is 11.1 Å². The van der Waals surface area contributed by atoms with Gasteiger partial charge in [0.2, 0.25) is 5.91 Å². The fourth-order valence-corrected chi connectivity index (χ4v) is 6.65. The number of rotatable bonds is 12. The summed E-state index contributed by atoms with van der Waals surface area (Å²) in [4.78, 5) is 26.6. The average Bonchev–Trinajstić information content (AvgIpc) is 3.02. The van der Waals surface area contributed by atoms with Gasteiger partial charge in [-0.05, 0) is 79.1 Å². The molecule has 0 radical (unpaired) electrons. The highest BCUT2D eigenvalue weighted by Gasteiger charge is 2.43. The highest BCUT2D eigenvalue weighted by atomic mass is 35.5. The van der Waals surface area contributed by atoms with Crippen LogP contribution >= 0.6 is 23.2 Å². The summed E-state index contributed by atoms with van der Waals surface area (Å²) < 4.78 is 0. The third-order valence-electron chi connectivity index (χ3n) is 8.61. The third-order valence-corrected chi connectivity index (χ3v) is 9.18. The first kappa shape index (κ1) is 32.8. The zero-order valence-corrected chi connectivity index (χ0v) is 26.1. The number of amides is 2. The van der Waals surface area contributed by atoms with Crippen LogP contribution in [0.4, 0.5) is 4.79 Å². The second-order valence-electron chi connectivity index (χ2n) is 11.3. The highest BCUT2D eigenvalue weighted by Crippen LogP contribution is 2.46. The predicted molar refractivity (Wildman–Crippen MR) is 173 cm³/mol. The van der Waals surface area contributed by atoms with Crippen LogP contribution in [0.5, 0.6) is 0 Å². The van der Waals surface area contributed by atoms with Crippen molar-refractivity contribution in [1.29, 1.82) is 0 Å². The van der Waals surface area contributed by atoms with Crippen molar-refractivity contribution in [3.05, 3.63) is 93.5 Å². The van der Waals surface area contributed by atoms with Crippen molar-refractivity contribution in [2.24, 2.45) is 11.7 Å². The summed E-state index contributed by atoms with van der Waals surface area (Å²) in [6, 6.07) is 21.2. The van der Waals surface area contributed by atoms with Gasteiger partial charge in [-0.3, -0.25) is 4.79 Å². The van der Waals surface area contributed by atoms with Gasteiger partial charge in [0.15, 0.2) is 0 Å². The van der Waals surface area contributed by atoms with Crippen LogP contribution in [0.2, 0.25) is 10.0 Å². The molecule has 1 fully saturated rings. The molecular formula is C34H41Cl2N3O4. The van der Waals surface area contributed by atoms with Gasteiger partial charge < -0.3 is 26.2 Å². The van der Waals surface area contributed by atoms with E-state index in [1.807, 2.05) is 47.4 Å². The first-order valence-corrected chi connectivity index (χ1v) is 15.7. The Hall–Kier alpha value is -3.10. The highest BCUT2D eigenvalue weighted by molar-refractivity contribution is 6.33. The van der Waals surface area contributed by atoms with Gasteiger partial charge in [0.1, 0.15) is 0 Å². The van der Waals surface area contributed by atoms with Crippen molar-refractivity contribution in [2.75, 3.05) is 26.2 Å². The summed E-state index contributed by atoms with van der Waals surface area (Å²) in [5.41, 5.74) is 9.23. The molecule has 7 nitrogen and oxygen atoms in total. The van der Waals surface area contributed by atoms with Gasteiger partial charge in [-0.1, -0.05) is 78.7 Å². The molecule has 1 unspecified atom stereocenters. The minimum Gasteiger partial charge on any atom is -0.465 e. The molecule has 9 heteroatoms. The van der Waals surface area contributed by atoms with E-state index in [1.54, 1.807) is 12.1 Å². The van der Waals surface area contributed by atoms with Crippen LogP contribution in [0.25, 0.3) is 11.1 Å². The first-order chi connectivity index (χ1) is 20.7. The van der Waals surface area contributed by atoms with Crippen LogP contribution in [0.15, 0.2) is 66.7 Å². The summed E-state index contributed by atoms with van der Waals surface area (Å²) in [6.45, 7) is 3.60. The van der Waals surface area contributed by atoms with E-state index in [4.69, 9.17) is 34.0 Å². The minimum absolute atomic E-state index is 0.00745. The Morgan fingerprint density at radius 2 is 1.86 bits per heavy atom. The molecule has 1 heterocycles. The van der Waals surface area contributed by atoms with Crippen LogP contribution in [0, 0.1) is 5.92 Å². The van der Waals surface area contributed by atoms with Crippen molar-refractivity contribution < 1.29 is 19.8 Å². The molecule has 1 aliphatic rings. The van der Waals surface area contributed by atoms with E-state index in [1.165, 1.54) is 0 Å². The summed E-state index contributed by atoms with van der Waals surface area (Å²) in [6.07, 6.45) is 2.19. The van der Waals surface area contributed by atoms with Crippen molar-refractivity contribution in [3.63, 3.8) is 0 Å². The summed E-state index contributed by atoms with van der Waals surface area (Å²) in [5.74, 6) is -0.433. The topological polar surface area (TPSA) is 116 Å². The fraction of sp³-hybridized carbons (Fsp3) is 0.412. The van der Waals surface area contributed by atoms with Crippen molar-refractivity contribution in [1.82, 2.24) is 10.2 Å². The number of likely N-dealkylation sites (tertiary alicyclic amines) is 1. The van der Waals surface area contributed by atoms with Gasteiger partial charge in [-0.2, -0.15) is 0 Å². The molecule has 4 rings (SSSR count). The molecule has 0 aliphatic carbocycles. The van der Waals surface area contributed by atoms with E-state index in [0.717, 1.165) is 35.1 Å². The maximum atomic E-state index is 13.6. The zero-order chi connectivity index (χ0) is 31.0. The molecule has 0 saturated carbocycles. The Bertz CT molecular complexity index is 1400. The van der Waals surface area contributed by atoms with Crippen LogP contribution in [0.3, 0.4) is 0 Å². The first-order valence-electron chi connectivity index (χ1n) is 15.0. The SMILES string of the molecule is CCc1cccc(-c2c(Cl)cccc2[C@](O)(CCCNC(=O)O)C2CCCN(C(=O)C[C@@H](CN)c3ccc(Cl)cc3)C2)c1. The molecule has 3 aromatic carbocycles. The Morgan fingerprint density at radius 3 is 2.56 bits per heavy atom. The van der Waals surface area contributed by atoms with E-state index in [0.29, 0.717) is 54.5 Å². The van der Waals surface area contributed by atoms with E-state index in [2.05, 4.69) is 24.4 Å². The number of halogens is 2. The number of hydrogen-bond donors (Lipinski definition) is 4. The van der Waals surface area contributed by atoms with Gasteiger partial charge in [0, 0.05) is 53.5 Å². The molecule has 230 valence electrons. The number of nitrogens with two attached hydrogens (primary N) is 1. The maximum Gasteiger partial charge on any atom is 0.404 e. The Balaban J connectivity index is 1.65. The van der Waals surface area contributed by atoms with Crippen molar-refractivity contribution in [2.45, 2.75) is 57.0 Å². The van der Waals surface area contributed by atoms with E-state index < -0.39 is 11.7 Å². The van der Waals surface area contributed by atoms with Gasteiger partial charge in [-0.15, -0.1) is 0 Å². The van der Waals surface area contributed by atoms with E-state index in [9.17, 15) is 14.7 Å². The van der Waals surface area contributed by atoms with Crippen LogP contribution in [0.1, 0.15) is 61.6 Å². The normalized spacial score (nSPS) is 17.2. The molecule has 3 aromatic rings. The van der Waals surface area contributed by atoms with E-state index in [-0.39, 0.29) is 30.7 Å². The second kappa shape index (κ2) is 15.1. The lowest BCUT2D eigenvalue weighted by Crippen LogP contribution is -2.49. The number of carboxylic acid groups (broad SMARTS) is 1. The summed E-state index contributed by atoms with van der Waals surface area (Å²) in [5, 5.41) is 25.4. The van der Waals surface area contributed by atoms with Gasteiger partial charge in [0.25, 0.3) is 0 Å². The molecule has 43 heavy (non-hydrogen) atoms. The Labute approximate surface area is 264 Å². The average molecular weight is 627 g/mol. The number of hydrogen-bond acceptors (Lipinski definition) is 4. The predicted octanol–water partition coefficient (Wildman–Crippen LogP) is 6.83. The van der Waals surface area contributed by atoms with Crippen LogP contribution in [-0.4, -0.2) is 53.3 Å². The second-order valence-corrected chi connectivity index (χ2v) is 12.2. The molecule has 1 saturated heterocycles. The number of aryl methyl sites for hydroxylation is 1. The lowest BCUT2D eigenvalue weighted by atomic mass is 9.72. The number of piperidine rings is 1. The largest absolute Gasteiger partial charge is 0.465 e. The number of nitrogens with one attached hydrogen (secondary N) is 1. The third kappa shape index (κ3) is 8.09. The molecule has 0 bridgehead atoms. The van der Waals surface area contributed by atoms with Crippen molar-refractivity contribution >= 4 is 35.2 Å². The lowest BCUT2D eigenvalue weighted by Gasteiger charge is -2.44. The zero-order valence-electron chi connectivity index (χ0n) is 24.6. The number of aliphatic hydroxyl groups is 1. The van der Waals surface area contributed by atoms with Gasteiger partial charge >= 0.3 is 6.09 Å². The number of benzene rings is 3. The minimum atomic E-state index is -1.36. The quantitative estimate of drug-likeness (QED) is 0.165. The summed E-state index contributed by atoms with van der Waals surface area (Å²) >= 11 is 12.9. The van der Waals surface area contributed by atoms with E-state index >= 15 is 0 Å². The molecule has 5 N–H and O–H groups in total. The van der Waals surface area contributed by atoms with Gasteiger partial charge in [0.05, 0.1) is 5.60 Å². The Morgan fingerprint density at radius 1 is 1.12 bits per heavy atom. The van der Waals surface area contributed by atoms with Crippen LogP contribution < -0.4 is 11.1 Å². The molecule has 3 atom stereocenters. The molecule has 2 amide bonds. The molecule has 0 spiro atoms. The number of nitrogens with zero attached hydrogens (tertiary/aromatic N) is 1. The number of carbonyl (C=O) groups is 2. The van der Waals surface area contributed by atoms with Gasteiger partial charge in [-0.25, -0.2) is 4.79 Å².